The summed E-state index contributed by atoms with van der Waals surface area (Å²) in [5.74, 6) is 0. The molecule has 0 unspecified atom stereocenters. The molecule has 0 aliphatic heterocycles. The molecule has 4 nitrogen and oxygen atoms in total. The van der Waals surface area contributed by atoms with Crippen LogP contribution in [-0.2, 0) is 9.33 Å². The van der Waals surface area contributed by atoms with E-state index in [0.717, 1.165) is 11.1 Å². The fourth-order valence-electron chi connectivity index (χ4n) is 1.25. The van der Waals surface area contributed by atoms with E-state index in [1.54, 1.807) is 0 Å². The monoisotopic (exact) mass is 259 g/mol. The van der Waals surface area contributed by atoms with Crippen LogP contribution in [0.4, 0.5) is 5.69 Å². The molecule has 0 fully saturated rings. The highest BCUT2D eigenvalue weighted by Crippen LogP contribution is 2.19. The topological polar surface area (TPSA) is 80.4 Å². The first-order chi connectivity index (χ1) is 7.38. The quantitative estimate of drug-likeness (QED) is 0.433. The van der Waals surface area contributed by atoms with E-state index in [4.69, 9.17) is 18.7 Å². The first kappa shape index (κ1) is 12.8. The Bertz CT molecular complexity index is 570. The van der Waals surface area contributed by atoms with Crippen LogP contribution in [0.15, 0.2) is 42.5 Å². The summed E-state index contributed by atoms with van der Waals surface area (Å²) in [6.45, 7) is 0. The van der Waals surface area contributed by atoms with E-state index in [0.29, 0.717) is 0 Å². The van der Waals surface area contributed by atoms with Gasteiger partial charge in [-0.05, 0) is 11.5 Å². The summed E-state index contributed by atoms with van der Waals surface area (Å²) in [6.07, 6.45) is 0. The van der Waals surface area contributed by atoms with Gasteiger partial charge in [0.05, 0.1) is 0 Å². The van der Waals surface area contributed by atoms with Crippen LogP contribution in [0.3, 0.4) is 0 Å². The second-order valence-corrected chi connectivity index (χ2v) is 4.97. The molecule has 86 valence electrons. The van der Waals surface area contributed by atoms with Crippen molar-refractivity contribution in [1.29, 1.82) is 0 Å². The summed E-state index contributed by atoms with van der Waals surface area (Å²) in [4.78, 5) is 0. The molecule has 0 amide bonds. The fraction of sp³-hybridized carbons (Fsp3) is 0. The first-order valence-corrected chi connectivity index (χ1v) is 6.55. The van der Waals surface area contributed by atoms with Gasteiger partial charge >= 0.3 is 9.33 Å². The maximum Gasteiger partial charge on any atom is 0.353 e. The van der Waals surface area contributed by atoms with Gasteiger partial charge < -0.3 is 5.73 Å². The van der Waals surface area contributed by atoms with Crippen LogP contribution in [0.5, 0.6) is 0 Å². The van der Waals surface area contributed by atoms with Crippen molar-refractivity contribution >= 4 is 36.5 Å². The molecule has 0 saturated heterocycles. The number of halogens is 1. The summed E-state index contributed by atoms with van der Waals surface area (Å²) in [6, 6.07) is 14.1. The molecular formula is C10H10ClNO3S. The summed E-state index contributed by atoms with van der Waals surface area (Å²) >= 11 is 0. The highest BCUT2D eigenvalue weighted by atomic mass is 35.7. The number of nitrogen functional groups attached to an aromatic ring is 1. The minimum atomic E-state index is -4.19. The molecule has 0 aliphatic carbocycles. The minimum absolute atomic E-state index is 0.850. The van der Waals surface area contributed by atoms with E-state index in [-0.39, 0.29) is 0 Å². The van der Waals surface area contributed by atoms with Gasteiger partial charge in [-0.1, -0.05) is 36.4 Å². The lowest BCUT2D eigenvalue weighted by atomic mass is 10.1. The van der Waals surface area contributed by atoms with Gasteiger partial charge in [0.15, 0.2) is 0 Å². The van der Waals surface area contributed by atoms with E-state index in [2.05, 4.69) is 22.8 Å². The fourth-order valence-corrected chi connectivity index (χ4v) is 1.25. The van der Waals surface area contributed by atoms with E-state index in [1.165, 1.54) is 5.39 Å². The first-order valence-electron chi connectivity index (χ1n) is 4.28. The van der Waals surface area contributed by atoms with Gasteiger partial charge in [0.1, 0.15) is 0 Å². The van der Waals surface area contributed by atoms with Crippen LogP contribution in [0.25, 0.3) is 10.8 Å². The summed E-state index contributed by atoms with van der Waals surface area (Å²) in [5.41, 5.74) is 6.61. The molecule has 2 aromatic carbocycles. The molecule has 0 heterocycles. The lowest BCUT2D eigenvalue weighted by Gasteiger charge is -1.98. The van der Waals surface area contributed by atoms with Gasteiger partial charge in [0, 0.05) is 21.8 Å². The smallest absolute Gasteiger partial charge is 0.353 e. The zero-order valence-electron chi connectivity index (χ0n) is 8.17. The van der Waals surface area contributed by atoms with Crippen molar-refractivity contribution in [2.24, 2.45) is 0 Å². The number of fused-ring (bicyclic) bond motifs is 1. The maximum atomic E-state index is 8.95. The van der Waals surface area contributed by atoms with Crippen molar-refractivity contribution in [3.63, 3.8) is 0 Å². The van der Waals surface area contributed by atoms with Gasteiger partial charge in [-0.15, -0.1) is 0 Å². The maximum absolute atomic E-state index is 8.95. The number of hydrogen-bond donors (Lipinski definition) is 2. The summed E-state index contributed by atoms with van der Waals surface area (Å²) < 4.78 is 25.2. The number of anilines is 1. The van der Waals surface area contributed by atoms with Crippen molar-refractivity contribution in [2.75, 3.05) is 5.73 Å². The Morgan fingerprint density at radius 2 is 1.56 bits per heavy atom. The van der Waals surface area contributed by atoms with Crippen molar-refractivity contribution < 1.29 is 13.0 Å². The Balaban J connectivity index is 0.000000221. The predicted molar refractivity (Wildman–Crippen MR) is 65.8 cm³/mol. The van der Waals surface area contributed by atoms with Crippen molar-refractivity contribution in [3.05, 3.63) is 42.5 Å². The molecule has 0 radical (unpaired) electrons. The standard InChI is InChI=1S/C10H9N.ClHO3S/c11-10-7-3-5-8-4-1-2-6-9(8)10;1-5(2,3)4/h1-7H,11H2;(H,2,3,4). The molecule has 0 bridgehead atoms. The lowest BCUT2D eigenvalue weighted by Crippen LogP contribution is -1.84. The molecule has 0 aromatic heterocycles. The third kappa shape index (κ3) is 4.48. The Hall–Kier alpha value is -1.30. The Morgan fingerprint density at radius 1 is 1.06 bits per heavy atom. The third-order valence-corrected chi connectivity index (χ3v) is 1.82. The van der Waals surface area contributed by atoms with Crippen LogP contribution >= 0.6 is 10.7 Å². The molecule has 0 saturated carbocycles. The predicted octanol–water partition coefficient (Wildman–Crippen LogP) is 2.45. The molecular weight excluding hydrogens is 250 g/mol. The molecule has 0 aliphatic rings. The summed E-state index contributed by atoms with van der Waals surface area (Å²) in [7, 11) is -0.137. The van der Waals surface area contributed by atoms with E-state index >= 15 is 0 Å². The summed E-state index contributed by atoms with van der Waals surface area (Å²) in [5, 5.41) is 2.34. The van der Waals surface area contributed by atoms with E-state index < -0.39 is 9.33 Å². The largest absolute Gasteiger partial charge is 0.398 e. The number of nitrogens with two attached hydrogens (primary N) is 1. The third-order valence-electron chi connectivity index (χ3n) is 1.82. The zero-order chi connectivity index (χ0) is 12.2. The van der Waals surface area contributed by atoms with Crippen molar-refractivity contribution in [1.82, 2.24) is 0 Å². The molecule has 0 atom stereocenters. The van der Waals surface area contributed by atoms with Crippen LogP contribution in [0.1, 0.15) is 0 Å². The van der Waals surface area contributed by atoms with Gasteiger partial charge in [0.2, 0.25) is 0 Å². The van der Waals surface area contributed by atoms with Gasteiger partial charge in [-0.3, -0.25) is 4.55 Å². The average Bonchev–Trinajstić information content (AvgIpc) is 2.16. The van der Waals surface area contributed by atoms with E-state index in [9.17, 15) is 0 Å². The second kappa shape index (κ2) is 5.16. The SMILES string of the molecule is Nc1cccc2ccccc12.O=S(=O)(O)Cl. The van der Waals surface area contributed by atoms with Crippen LogP contribution in [0, 0.1) is 0 Å². The van der Waals surface area contributed by atoms with Crippen LogP contribution in [-0.4, -0.2) is 13.0 Å². The van der Waals surface area contributed by atoms with Crippen molar-refractivity contribution in [3.8, 4) is 0 Å². The highest BCUT2D eigenvalue weighted by Gasteiger charge is 1.92. The molecule has 0 spiro atoms. The lowest BCUT2D eigenvalue weighted by molar-refractivity contribution is 0.501. The van der Waals surface area contributed by atoms with Crippen LogP contribution in [0.2, 0.25) is 0 Å². The molecule has 2 rings (SSSR count). The van der Waals surface area contributed by atoms with Crippen molar-refractivity contribution in [2.45, 2.75) is 0 Å². The minimum Gasteiger partial charge on any atom is -0.398 e. The van der Waals surface area contributed by atoms with Gasteiger partial charge in [-0.25, -0.2) is 0 Å². The highest BCUT2D eigenvalue weighted by molar-refractivity contribution is 8.09. The van der Waals surface area contributed by atoms with Gasteiger partial charge in [-0.2, -0.15) is 8.42 Å². The zero-order valence-corrected chi connectivity index (χ0v) is 9.74. The average molecular weight is 260 g/mol. The normalized spacial score (nSPS) is 10.6. The molecule has 16 heavy (non-hydrogen) atoms. The number of benzene rings is 2. The van der Waals surface area contributed by atoms with Crippen LogP contribution < -0.4 is 5.73 Å². The van der Waals surface area contributed by atoms with E-state index in [1.807, 2.05) is 30.3 Å². The Morgan fingerprint density at radius 3 is 2.12 bits per heavy atom. The molecule has 2 aromatic rings. The Labute approximate surface area is 97.9 Å². The molecule has 3 N–H and O–H groups in total. The number of rotatable bonds is 0. The molecule has 6 heteroatoms. The Kier molecular flexibility index (Phi) is 4.12. The van der Waals surface area contributed by atoms with Gasteiger partial charge in [0.25, 0.3) is 0 Å². The second-order valence-electron chi connectivity index (χ2n) is 2.98. The number of hydrogen-bond acceptors (Lipinski definition) is 3.